The van der Waals surface area contributed by atoms with Crippen LogP contribution in [0.1, 0.15) is 39.0 Å². The molecule has 2 aliphatic rings. The van der Waals surface area contributed by atoms with E-state index in [1.807, 2.05) is 0 Å². The molecule has 2 atom stereocenters. The van der Waals surface area contributed by atoms with Crippen LogP contribution in [0.2, 0.25) is 0 Å². The molecule has 0 bridgehead atoms. The Labute approximate surface area is 135 Å². The zero-order chi connectivity index (χ0) is 13.0. The van der Waals surface area contributed by atoms with E-state index in [9.17, 15) is 4.79 Å². The molecule has 2 rings (SSSR count). The van der Waals surface area contributed by atoms with Crippen LogP contribution in [0.3, 0.4) is 0 Å². The van der Waals surface area contributed by atoms with Gasteiger partial charge in [-0.3, -0.25) is 4.79 Å². The van der Waals surface area contributed by atoms with E-state index in [2.05, 4.69) is 29.5 Å². The van der Waals surface area contributed by atoms with Crippen molar-refractivity contribution in [3.63, 3.8) is 0 Å². The lowest BCUT2D eigenvalue weighted by atomic mass is 9.93. The maximum atomic E-state index is 12.0. The summed E-state index contributed by atoms with van der Waals surface area (Å²) in [5, 5.41) is 6.57. The van der Waals surface area contributed by atoms with E-state index in [-0.39, 0.29) is 30.7 Å². The summed E-state index contributed by atoms with van der Waals surface area (Å²) >= 11 is 0. The normalized spacial score (nSPS) is 28.1. The fourth-order valence-electron chi connectivity index (χ4n) is 3.06. The van der Waals surface area contributed by atoms with Gasteiger partial charge < -0.3 is 15.5 Å². The monoisotopic (exact) mass is 325 g/mol. The number of carbonyl (C=O) groups excluding carboxylic acids is 1. The minimum absolute atomic E-state index is 0. The minimum atomic E-state index is 0. The molecule has 2 saturated heterocycles. The molecular weight excluding hydrogens is 297 g/mol. The molecule has 2 heterocycles. The maximum Gasteiger partial charge on any atom is 0.220 e. The summed E-state index contributed by atoms with van der Waals surface area (Å²) in [5.74, 6) is 0.860. The van der Waals surface area contributed by atoms with Gasteiger partial charge in [-0.15, -0.1) is 24.8 Å². The third kappa shape index (κ3) is 6.17. The summed E-state index contributed by atoms with van der Waals surface area (Å²) in [6.45, 7) is 5.48. The number of halogens is 2. The summed E-state index contributed by atoms with van der Waals surface area (Å²) in [5.41, 5.74) is 0. The topological polar surface area (TPSA) is 44.4 Å². The average Bonchev–Trinajstić information content (AvgIpc) is 2.35. The van der Waals surface area contributed by atoms with Crippen LogP contribution in [0.25, 0.3) is 0 Å². The third-order valence-electron chi connectivity index (χ3n) is 4.51. The predicted octanol–water partition coefficient (Wildman–Crippen LogP) is 1.82. The van der Waals surface area contributed by atoms with Crippen molar-refractivity contribution in [2.24, 2.45) is 5.92 Å². The number of likely N-dealkylation sites (tertiary alicyclic amines) is 1. The van der Waals surface area contributed by atoms with Crippen LogP contribution in [0.4, 0.5) is 0 Å². The van der Waals surface area contributed by atoms with Crippen LogP contribution in [-0.4, -0.2) is 49.6 Å². The molecule has 0 aromatic rings. The van der Waals surface area contributed by atoms with Crippen molar-refractivity contribution in [1.29, 1.82) is 0 Å². The number of piperidine rings is 2. The van der Waals surface area contributed by atoms with E-state index in [0.29, 0.717) is 18.0 Å². The van der Waals surface area contributed by atoms with Gasteiger partial charge in [0, 0.05) is 25.0 Å². The highest BCUT2D eigenvalue weighted by Gasteiger charge is 2.25. The molecule has 20 heavy (non-hydrogen) atoms. The van der Waals surface area contributed by atoms with Crippen LogP contribution >= 0.6 is 24.8 Å². The Morgan fingerprint density at radius 3 is 2.50 bits per heavy atom. The Bertz CT molecular complexity index is 286. The van der Waals surface area contributed by atoms with Crippen molar-refractivity contribution in [2.75, 3.05) is 26.7 Å². The Balaban J connectivity index is 0.00000180. The molecule has 120 valence electrons. The number of nitrogens with one attached hydrogen (secondary N) is 2. The van der Waals surface area contributed by atoms with Gasteiger partial charge in [0.05, 0.1) is 0 Å². The lowest BCUT2D eigenvalue weighted by Crippen LogP contribution is -2.47. The highest BCUT2D eigenvalue weighted by molar-refractivity contribution is 5.85. The number of hydrogen-bond acceptors (Lipinski definition) is 3. The first-order valence-corrected chi connectivity index (χ1v) is 7.35. The SMILES string of the molecule is CC1CC(NC(=O)CC2CCNCC2)CCN1C.Cl.Cl. The van der Waals surface area contributed by atoms with Crippen molar-refractivity contribution in [2.45, 2.75) is 51.1 Å². The highest BCUT2D eigenvalue weighted by Crippen LogP contribution is 2.18. The van der Waals surface area contributed by atoms with E-state index >= 15 is 0 Å². The Hall–Kier alpha value is -0.0300. The second-order valence-electron chi connectivity index (χ2n) is 6.02. The smallest absolute Gasteiger partial charge is 0.220 e. The fraction of sp³-hybridized carbons (Fsp3) is 0.929. The van der Waals surface area contributed by atoms with Gasteiger partial charge in [0.15, 0.2) is 0 Å². The van der Waals surface area contributed by atoms with Crippen LogP contribution in [-0.2, 0) is 4.79 Å². The number of carbonyl (C=O) groups is 1. The Morgan fingerprint density at radius 1 is 1.25 bits per heavy atom. The van der Waals surface area contributed by atoms with Gasteiger partial charge in [0.1, 0.15) is 0 Å². The quantitative estimate of drug-likeness (QED) is 0.831. The summed E-state index contributed by atoms with van der Waals surface area (Å²) in [6.07, 6.45) is 5.21. The largest absolute Gasteiger partial charge is 0.353 e. The van der Waals surface area contributed by atoms with E-state index in [4.69, 9.17) is 0 Å². The first kappa shape index (κ1) is 20.0. The molecule has 0 saturated carbocycles. The van der Waals surface area contributed by atoms with Gasteiger partial charge in [0.25, 0.3) is 0 Å². The van der Waals surface area contributed by atoms with Gasteiger partial charge in [-0.1, -0.05) is 0 Å². The van der Waals surface area contributed by atoms with Gasteiger partial charge in [0.2, 0.25) is 5.91 Å². The lowest BCUT2D eigenvalue weighted by Gasteiger charge is -2.35. The molecule has 2 fully saturated rings. The van der Waals surface area contributed by atoms with E-state index in [1.165, 1.54) is 0 Å². The number of nitrogens with zero attached hydrogens (tertiary/aromatic N) is 1. The standard InChI is InChI=1S/C14H27N3O.2ClH/c1-11-9-13(5-8-17(11)2)16-14(18)10-12-3-6-15-7-4-12;;/h11-13,15H,3-10H2,1-2H3,(H,16,18);2*1H. The molecule has 0 aromatic heterocycles. The Kier molecular flexibility index (Phi) is 9.81. The lowest BCUT2D eigenvalue weighted by molar-refractivity contribution is -0.123. The van der Waals surface area contributed by atoms with Crippen molar-refractivity contribution < 1.29 is 4.79 Å². The molecule has 0 aromatic carbocycles. The van der Waals surface area contributed by atoms with E-state index in [1.54, 1.807) is 0 Å². The van der Waals surface area contributed by atoms with Gasteiger partial charge in [-0.05, 0) is 58.7 Å². The van der Waals surface area contributed by atoms with Crippen molar-refractivity contribution in [3.05, 3.63) is 0 Å². The number of rotatable bonds is 3. The molecule has 4 nitrogen and oxygen atoms in total. The van der Waals surface area contributed by atoms with E-state index < -0.39 is 0 Å². The molecular formula is C14H29Cl2N3O. The van der Waals surface area contributed by atoms with Crippen LogP contribution < -0.4 is 10.6 Å². The van der Waals surface area contributed by atoms with Gasteiger partial charge >= 0.3 is 0 Å². The van der Waals surface area contributed by atoms with Crippen LogP contribution in [0.5, 0.6) is 0 Å². The third-order valence-corrected chi connectivity index (χ3v) is 4.51. The number of amides is 1. The van der Waals surface area contributed by atoms with Gasteiger partial charge in [-0.25, -0.2) is 0 Å². The molecule has 1 amide bonds. The van der Waals surface area contributed by atoms with Gasteiger partial charge in [-0.2, -0.15) is 0 Å². The summed E-state index contributed by atoms with van der Waals surface area (Å²) in [4.78, 5) is 14.4. The molecule has 6 heteroatoms. The summed E-state index contributed by atoms with van der Waals surface area (Å²) in [7, 11) is 2.16. The summed E-state index contributed by atoms with van der Waals surface area (Å²) in [6, 6.07) is 0.980. The first-order chi connectivity index (χ1) is 8.65. The van der Waals surface area contributed by atoms with Crippen molar-refractivity contribution >= 4 is 30.7 Å². The molecule has 2 aliphatic heterocycles. The molecule has 0 radical (unpaired) electrons. The first-order valence-electron chi connectivity index (χ1n) is 7.35. The van der Waals surface area contributed by atoms with E-state index in [0.717, 1.165) is 51.7 Å². The predicted molar refractivity (Wildman–Crippen MR) is 88.0 cm³/mol. The van der Waals surface area contributed by atoms with Crippen molar-refractivity contribution in [1.82, 2.24) is 15.5 Å². The summed E-state index contributed by atoms with van der Waals surface area (Å²) < 4.78 is 0. The average molecular weight is 326 g/mol. The van der Waals surface area contributed by atoms with Crippen LogP contribution in [0, 0.1) is 5.92 Å². The second kappa shape index (κ2) is 9.82. The number of hydrogen-bond donors (Lipinski definition) is 2. The van der Waals surface area contributed by atoms with Crippen molar-refractivity contribution in [3.8, 4) is 0 Å². The maximum absolute atomic E-state index is 12.0. The zero-order valence-electron chi connectivity index (χ0n) is 12.6. The molecule has 0 aliphatic carbocycles. The second-order valence-corrected chi connectivity index (χ2v) is 6.02. The molecule has 2 unspecified atom stereocenters. The van der Waals surface area contributed by atoms with Crippen LogP contribution in [0.15, 0.2) is 0 Å². The highest BCUT2D eigenvalue weighted by atomic mass is 35.5. The molecule has 0 spiro atoms. The fourth-order valence-corrected chi connectivity index (χ4v) is 3.06. The molecule has 2 N–H and O–H groups in total. The minimum Gasteiger partial charge on any atom is -0.353 e. The zero-order valence-corrected chi connectivity index (χ0v) is 14.2. The Morgan fingerprint density at radius 2 is 1.90 bits per heavy atom.